The first-order valence-corrected chi connectivity index (χ1v) is 15.8. The number of hydrogen-bond acceptors (Lipinski definition) is 7. The van der Waals surface area contributed by atoms with E-state index >= 15 is 0 Å². The molecule has 3 N–H and O–H groups in total. The number of halogens is 3. The van der Waals surface area contributed by atoms with Crippen LogP contribution in [-0.4, -0.2) is 78.4 Å². The van der Waals surface area contributed by atoms with Crippen LogP contribution in [0.2, 0.25) is 0 Å². The Labute approximate surface area is 238 Å². The van der Waals surface area contributed by atoms with Gasteiger partial charge in [0, 0.05) is 43.0 Å². The van der Waals surface area contributed by atoms with Gasteiger partial charge in [0.1, 0.15) is 22.4 Å². The van der Waals surface area contributed by atoms with Crippen molar-refractivity contribution in [2.24, 2.45) is 0 Å². The van der Waals surface area contributed by atoms with E-state index in [-0.39, 0.29) is 32.5 Å². The predicted octanol–water partition coefficient (Wildman–Crippen LogP) is 3.19. The largest absolute Gasteiger partial charge is 0.494 e. The Morgan fingerprint density at radius 3 is 2.78 bits per heavy atom. The lowest BCUT2D eigenvalue weighted by atomic mass is 9.88. The van der Waals surface area contributed by atoms with Gasteiger partial charge in [0.2, 0.25) is 10.0 Å². The Kier molecular flexibility index (Phi) is 8.74. The van der Waals surface area contributed by atoms with Gasteiger partial charge in [0.25, 0.3) is 0 Å². The van der Waals surface area contributed by atoms with Gasteiger partial charge in [-0.15, -0.1) is 0 Å². The number of piperidine rings is 1. The van der Waals surface area contributed by atoms with Crippen LogP contribution in [0.5, 0.6) is 5.75 Å². The molecule has 1 aromatic carbocycles. The second-order valence-electron chi connectivity index (χ2n) is 10.2. The summed E-state index contributed by atoms with van der Waals surface area (Å²) < 4.78 is 93.0. The van der Waals surface area contributed by atoms with Gasteiger partial charge >= 0.3 is 6.18 Å². The number of sulfonamides is 1. The molecule has 0 radical (unpaired) electrons. The number of nitrogens with zero attached hydrogens (tertiary/aromatic N) is 2. The molecule has 2 fully saturated rings. The topological polar surface area (TPSA) is 126 Å². The number of aromatic amines is 1. The monoisotopic (exact) mass is 615 g/mol. The molecule has 0 bridgehead atoms. The highest BCUT2D eigenvalue weighted by atomic mass is 32.2. The third kappa shape index (κ3) is 6.75. The van der Waals surface area contributed by atoms with Gasteiger partial charge in [-0.2, -0.15) is 13.2 Å². The van der Waals surface area contributed by atoms with E-state index in [0.717, 1.165) is 19.0 Å². The minimum atomic E-state index is -4.53. The Morgan fingerprint density at radius 1 is 1.27 bits per heavy atom. The van der Waals surface area contributed by atoms with Crippen molar-refractivity contribution in [1.29, 1.82) is 0 Å². The number of alkyl halides is 3. The summed E-state index contributed by atoms with van der Waals surface area (Å²) in [7, 11) is -3.81. The van der Waals surface area contributed by atoms with Crippen molar-refractivity contribution in [3.63, 3.8) is 0 Å². The van der Waals surface area contributed by atoms with Gasteiger partial charge in [-0.3, -0.25) is 0 Å². The van der Waals surface area contributed by atoms with E-state index in [9.17, 15) is 25.8 Å². The number of aromatic nitrogens is 2. The number of fused-ring (bicyclic) bond motifs is 1. The van der Waals surface area contributed by atoms with Crippen LogP contribution in [0, 0.1) is 0 Å². The van der Waals surface area contributed by atoms with Crippen molar-refractivity contribution in [3.8, 4) is 5.75 Å². The Morgan fingerprint density at radius 2 is 2.05 bits per heavy atom. The van der Waals surface area contributed by atoms with Crippen LogP contribution >= 0.6 is 0 Å². The minimum Gasteiger partial charge on any atom is -0.494 e. The summed E-state index contributed by atoms with van der Waals surface area (Å²) in [5.41, 5.74) is -1.04. The fourth-order valence-electron chi connectivity index (χ4n) is 5.26. The van der Waals surface area contributed by atoms with Crippen LogP contribution in [-0.2, 0) is 31.9 Å². The van der Waals surface area contributed by atoms with Gasteiger partial charge in [-0.1, -0.05) is 6.07 Å². The fourth-order valence-corrected chi connectivity index (χ4v) is 7.20. The quantitative estimate of drug-likeness (QED) is 0.299. The molecule has 2 aromatic heterocycles. The molecule has 5 rings (SSSR count). The van der Waals surface area contributed by atoms with Crippen LogP contribution in [0.25, 0.3) is 11.0 Å². The Balaban J connectivity index is 1.07. The second-order valence-corrected chi connectivity index (χ2v) is 13.6. The number of ether oxygens (including phenoxy) is 2. The highest BCUT2D eigenvalue weighted by Crippen LogP contribution is 2.38. The van der Waals surface area contributed by atoms with E-state index in [0.29, 0.717) is 51.4 Å². The summed E-state index contributed by atoms with van der Waals surface area (Å²) in [6.45, 7) is 2.66. The first kappa shape index (κ1) is 29.9. The molecular weight excluding hydrogens is 583 g/mol. The first-order chi connectivity index (χ1) is 19.5. The normalized spacial score (nSPS) is 20.5. The zero-order chi connectivity index (χ0) is 29.3. The van der Waals surface area contributed by atoms with E-state index in [1.165, 1.54) is 31.4 Å². The molecule has 1 unspecified atom stereocenters. The molecule has 2 atom stereocenters. The third-order valence-corrected chi connectivity index (χ3v) is 10.4. The molecule has 1 spiro atoms. The molecule has 2 aliphatic rings. The third-order valence-electron chi connectivity index (χ3n) is 7.50. The molecule has 2 aliphatic heterocycles. The maximum absolute atomic E-state index is 13.3. The predicted molar refractivity (Wildman–Crippen MR) is 146 cm³/mol. The van der Waals surface area contributed by atoms with Crippen LogP contribution in [0.4, 0.5) is 13.2 Å². The van der Waals surface area contributed by atoms with E-state index in [1.54, 1.807) is 16.4 Å². The van der Waals surface area contributed by atoms with Crippen molar-refractivity contribution in [1.82, 2.24) is 24.3 Å². The van der Waals surface area contributed by atoms with Crippen molar-refractivity contribution < 1.29 is 35.3 Å². The molecule has 10 nitrogen and oxygen atoms in total. The van der Waals surface area contributed by atoms with Crippen molar-refractivity contribution in [2.45, 2.75) is 53.3 Å². The van der Waals surface area contributed by atoms with Gasteiger partial charge in [0.05, 0.1) is 34.2 Å². The van der Waals surface area contributed by atoms with Gasteiger partial charge in [0.15, 0.2) is 0 Å². The molecule has 0 aliphatic carbocycles. The summed E-state index contributed by atoms with van der Waals surface area (Å²) in [4.78, 5) is 6.95. The van der Waals surface area contributed by atoms with Gasteiger partial charge in [-0.25, -0.2) is 26.6 Å². The molecule has 0 amide bonds. The highest BCUT2D eigenvalue weighted by molar-refractivity contribution is 7.89. The summed E-state index contributed by atoms with van der Waals surface area (Å²) >= 11 is 0. The molecular formula is C26H32F3N5O5S2. The molecule has 41 heavy (non-hydrogen) atoms. The summed E-state index contributed by atoms with van der Waals surface area (Å²) in [6, 6.07) is 7.81. The average Bonchev–Trinajstić information content (AvgIpc) is 3.57. The van der Waals surface area contributed by atoms with Crippen molar-refractivity contribution >= 4 is 32.0 Å². The summed E-state index contributed by atoms with van der Waals surface area (Å²) in [6.07, 6.45) is 0.565. The SMILES string of the molecule is CNS(=O)(=O)c1cccc(OCCCN[C@H]2COC3(CCN(S(=O)c4cnc5[nH]cc(C(F)(F)F)c5c4)CC3)C2)c1. The van der Waals surface area contributed by atoms with Gasteiger partial charge < -0.3 is 19.8 Å². The number of H-pyrrole nitrogens is 1. The molecule has 3 aromatic rings. The molecule has 0 saturated carbocycles. The first-order valence-electron chi connectivity index (χ1n) is 13.2. The zero-order valence-electron chi connectivity index (χ0n) is 22.4. The Hall–Kier alpha value is -2.56. The number of rotatable bonds is 10. The number of pyridine rings is 1. The smallest absolute Gasteiger partial charge is 0.418 e. The lowest BCUT2D eigenvalue weighted by molar-refractivity contribution is -0.136. The lowest BCUT2D eigenvalue weighted by Gasteiger charge is -2.37. The Bertz CT molecular complexity index is 1510. The standard InChI is InChI=1S/C26H32F3N5O5S2/c1-30-41(36,37)21-5-2-4-19(12-21)38-11-3-8-31-18-14-25(39-17-18)6-9-34(10-7-25)40(35)20-13-22-23(26(27,28)29)16-33-24(22)32-15-20/h2,4-5,12-13,15-16,18,30-31H,3,6-11,14,17H2,1H3,(H,32,33)/t18-,40?/m1/s1. The van der Waals surface area contributed by atoms with Crippen LogP contribution < -0.4 is 14.8 Å². The van der Waals surface area contributed by atoms with Gasteiger partial charge in [-0.05, 0) is 57.5 Å². The number of benzene rings is 1. The molecule has 2 saturated heterocycles. The maximum atomic E-state index is 13.3. The van der Waals surface area contributed by atoms with E-state index in [4.69, 9.17) is 9.47 Å². The molecule has 224 valence electrons. The van der Waals surface area contributed by atoms with Crippen molar-refractivity contribution in [3.05, 3.63) is 48.3 Å². The van der Waals surface area contributed by atoms with E-state index in [1.807, 2.05) is 0 Å². The zero-order valence-corrected chi connectivity index (χ0v) is 24.0. The summed E-state index contributed by atoms with van der Waals surface area (Å²) in [5.74, 6) is 0.484. The van der Waals surface area contributed by atoms with Crippen LogP contribution in [0.15, 0.2) is 52.5 Å². The maximum Gasteiger partial charge on any atom is 0.418 e. The highest BCUT2D eigenvalue weighted by Gasteiger charge is 2.43. The number of hydrogen-bond donors (Lipinski definition) is 3. The van der Waals surface area contributed by atoms with E-state index in [2.05, 4.69) is 20.0 Å². The average molecular weight is 616 g/mol. The van der Waals surface area contributed by atoms with E-state index < -0.39 is 32.7 Å². The number of nitrogens with one attached hydrogen (secondary N) is 3. The second kappa shape index (κ2) is 12.0. The molecule has 4 heterocycles. The molecule has 15 heteroatoms. The minimum absolute atomic E-state index is 0.0921. The van der Waals surface area contributed by atoms with Crippen molar-refractivity contribution in [2.75, 3.05) is 39.9 Å². The van der Waals surface area contributed by atoms with Crippen LogP contribution in [0.1, 0.15) is 31.2 Å². The van der Waals surface area contributed by atoms with Crippen LogP contribution in [0.3, 0.4) is 0 Å². The fraction of sp³-hybridized carbons (Fsp3) is 0.500. The summed E-state index contributed by atoms with van der Waals surface area (Å²) in [5, 5.41) is 3.40. The lowest BCUT2D eigenvalue weighted by Crippen LogP contribution is -2.45.